The van der Waals surface area contributed by atoms with Gasteiger partial charge in [-0.05, 0) is 51.5 Å². The maximum absolute atomic E-state index is 12.2. The van der Waals surface area contributed by atoms with Gasteiger partial charge in [-0.1, -0.05) is 23.4 Å². The van der Waals surface area contributed by atoms with Crippen LogP contribution >= 0.6 is 23.4 Å². The van der Waals surface area contributed by atoms with Gasteiger partial charge >= 0.3 is 0 Å². The lowest BCUT2D eigenvalue weighted by Gasteiger charge is -2.13. The van der Waals surface area contributed by atoms with Crippen LogP contribution in [0.25, 0.3) is 11.4 Å². The minimum atomic E-state index is -0.255. The molecule has 0 aliphatic carbocycles. The maximum atomic E-state index is 12.2. The van der Waals surface area contributed by atoms with Gasteiger partial charge in [-0.15, -0.1) is 10.2 Å². The van der Waals surface area contributed by atoms with E-state index < -0.39 is 0 Å². The summed E-state index contributed by atoms with van der Waals surface area (Å²) in [7, 11) is 0. The van der Waals surface area contributed by atoms with E-state index in [1.165, 1.54) is 11.8 Å². The number of nitrogens with zero attached hydrogens (tertiary/aromatic N) is 3. The zero-order valence-electron chi connectivity index (χ0n) is 15.4. The summed E-state index contributed by atoms with van der Waals surface area (Å²) in [5, 5.41) is 12.7. The molecule has 8 heteroatoms. The molecule has 6 nitrogen and oxygen atoms in total. The molecule has 1 amide bonds. The highest BCUT2D eigenvalue weighted by Gasteiger charge is 2.20. The van der Waals surface area contributed by atoms with Gasteiger partial charge in [-0.2, -0.15) is 0 Å². The summed E-state index contributed by atoms with van der Waals surface area (Å²) < 4.78 is 7.27. The first-order valence-corrected chi connectivity index (χ1v) is 10.0. The van der Waals surface area contributed by atoms with Crippen molar-refractivity contribution in [1.82, 2.24) is 20.1 Å². The molecule has 1 N–H and O–H groups in total. The van der Waals surface area contributed by atoms with Crippen molar-refractivity contribution in [3.63, 3.8) is 0 Å². The normalized spacial score (nSPS) is 12.2. The molecule has 1 atom stereocenters. The molecule has 1 unspecified atom stereocenters. The zero-order chi connectivity index (χ0) is 18.9. The predicted octanol–water partition coefficient (Wildman–Crippen LogP) is 3.64. The van der Waals surface area contributed by atoms with E-state index in [0.717, 1.165) is 29.5 Å². The molecule has 0 spiro atoms. The number of hydrogen-bond acceptors (Lipinski definition) is 5. The van der Waals surface area contributed by atoms with E-state index in [1.807, 2.05) is 49.6 Å². The number of thioether (sulfide) groups is 1. The molecule has 1 heterocycles. The number of aromatic nitrogens is 3. The second-order valence-electron chi connectivity index (χ2n) is 5.66. The number of carbonyl (C=O) groups excluding carboxylic acids is 1. The van der Waals surface area contributed by atoms with Gasteiger partial charge in [0.15, 0.2) is 11.0 Å². The van der Waals surface area contributed by atoms with Gasteiger partial charge in [0.25, 0.3) is 0 Å². The Morgan fingerprint density at radius 1 is 1.31 bits per heavy atom. The summed E-state index contributed by atoms with van der Waals surface area (Å²) in [5.74, 6) is 0.765. The van der Waals surface area contributed by atoms with Crippen LogP contribution in [0.4, 0.5) is 0 Å². The summed E-state index contributed by atoms with van der Waals surface area (Å²) in [6.45, 7) is 8.55. The van der Waals surface area contributed by atoms with Crippen LogP contribution in [0.1, 0.15) is 27.2 Å². The first-order chi connectivity index (χ1) is 12.6. The minimum absolute atomic E-state index is 0.00908. The van der Waals surface area contributed by atoms with E-state index in [9.17, 15) is 4.79 Å². The highest BCUT2D eigenvalue weighted by atomic mass is 35.5. The van der Waals surface area contributed by atoms with E-state index in [2.05, 4.69) is 15.5 Å². The Morgan fingerprint density at radius 3 is 2.69 bits per heavy atom. The lowest BCUT2D eigenvalue weighted by molar-refractivity contribution is -0.120. The number of ether oxygens (including phenoxy) is 1. The van der Waals surface area contributed by atoms with Crippen molar-refractivity contribution >= 4 is 29.3 Å². The summed E-state index contributed by atoms with van der Waals surface area (Å²) in [6.07, 6.45) is 0.808. The SMILES string of the molecule is CCOCCCNC(=O)C(C)Sc1nnc(-c2ccc(Cl)cc2)n1CC. The Bertz CT molecular complexity index is 706. The fourth-order valence-electron chi connectivity index (χ4n) is 2.36. The quantitative estimate of drug-likeness (QED) is 0.490. The van der Waals surface area contributed by atoms with Crippen LogP contribution in [-0.4, -0.2) is 45.7 Å². The minimum Gasteiger partial charge on any atom is -0.382 e. The Hall–Kier alpha value is -1.57. The molecular weight excluding hydrogens is 372 g/mol. The van der Waals surface area contributed by atoms with Gasteiger partial charge in [0.1, 0.15) is 0 Å². The largest absolute Gasteiger partial charge is 0.382 e. The fourth-order valence-corrected chi connectivity index (χ4v) is 3.42. The summed E-state index contributed by atoms with van der Waals surface area (Å²) in [4.78, 5) is 12.2. The number of hydrogen-bond donors (Lipinski definition) is 1. The number of rotatable bonds is 10. The van der Waals surface area contributed by atoms with Crippen LogP contribution in [-0.2, 0) is 16.1 Å². The molecule has 0 aliphatic rings. The van der Waals surface area contributed by atoms with Crippen molar-refractivity contribution in [2.45, 2.75) is 44.1 Å². The van der Waals surface area contributed by atoms with Crippen molar-refractivity contribution in [2.75, 3.05) is 19.8 Å². The van der Waals surface area contributed by atoms with E-state index in [1.54, 1.807) is 0 Å². The van der Waals surface area contributed by atoms with E-state index >= 15 is 0 Å². The Kier molecular flexibility index (Phi) is 8.41. The van der Waals surface area contributed by atoms with E-state index in [0.29, 0.717) is 24.8 Å². The molecule has 0 saturated carbocycles. The molecule has 142 valence electrons. The fraction of sp³-hybridized carbons (Fsp3) is 0.500. The van der Waals surface area contributed by atoms with E-state index in [-0.39, 0.29) is 11.2 Å². The second kappa shape index (κ2) is 10.5. The Balaban J connectivity index is 1.98. The molecule has 0 saturated heterocycles. The Labute approximate surface area is 163 Å². The van der Waals surface area contributed by atoms with E-state index in [4.69, 9.17) is 16.3 Å². The topological polar surface area (TPSA) is 69.0 Å². The molecule has 0 fully saturated rings. The third kappa shape index (κ3) is 5.72. The van der Waals surface area contributed by atoms with Crippen molar-refractivity contribution in [2.24, 2.45) is 0 Å². The third-order valence-corrected chi connectivity index (χ3v) is 5.09. The van der Waals surface area contributed by atoms with Crippen molar-refractivity contribution in [3.8, 4) is 11.4 Å². The third-order valence-electron chi connectivity index (χ3n) is 3.76. The monoisotopic (exact) mass is 396 g/mol. The van der Waals surface area contributed by atoms with Crippen LogP contribution in [0, 0.1) is 0 Å². The predicted molar refractivity (Wildman–Crippen MR) is 106 cm³/mol. The molecule has 0 aliphatic heterocycles. The van der Waals surface area contributed by atoms with Crippen LogP contribution in [0.2, 0.25) is 5.02 Å². The van der Waals surface area contributed by atoms with Gasteiger partial charge in [0, 0.05) is 36.9 Å². The molecule has 1 aromatic carbocycles. The zero-order valence-corrected chi connectivity index (χ0v) is 16.9. The van der Waals surface area contributed by atoms with Crippen molar-refractivity contribution in [3.05, 3.63) is 29.3 Å². The number of halogens is 1. The highest BCUT2D eigenvalue weighted by molar-refractivity contribution is 8.00. The number of benzene rings is 1. The van der Waals surface area contributed by atoms with Crippen LogP contribution in [0.15, 0.2) is 29.4 Å². The van der Waals surface area contributed by atoms with Crippen LogP contribution < -0.4 is 5.32 Å². The summed E-state index contributed by atoms with van der Waals surface area (Å²) >= 11 is 7.36. The van der Waals surface area contributed by atoms with Gasteiger partial charge in [0.05, 0.1) is 5.25 Å². The number of nitrogens with one attached hydrogen (secondary N) is 1. The number of carbonyl (C=O) groups is 1. The molecule has 0 radical (unpaired) electrons. The van der Waals surface area contributed by atoms with Crippen molar-refractivity contribution in [1.29, 1.82) is 0 Å². The van der Waals surface area contributed by atoms with Gasteiger partial charge in [0.2, 0.25) is 5.91 Å². The lowest BCUT2D eigenvalue weighted by Crippen LogP contribution is -2.32. The summed E-state index contributed by atoms with van der Waals surface area (Å²) in [6, 6.07) is 7.50. The van der Waals surface area contributed by atoms with Gasteiger partial charge < -0.3 is 14.6 Å². The molecule has 26 heavy (non-hydrogen) atoms. The standard InChI is InChI=1S/C18H25ClN4O2S/c1-4-23-16(14-7-9-15(19)10-8-14)21-22-18(23)26-13(3)17(24)20-11-6-12-25-5-2/h7-10,13H,4-6,11-12H2,1-3H3,(H,20,24). The highest BCUT2D eigenvalue weighted by Crippen LogP contribution is 2.27. The Morgan fingerprint density at radius 2 is 2.04 bits per heavy atom. The van der Waals surface area contributed by atoms with Crippen molar-refractivity contribution < 1.29 is 9.53 Å². The molecule has 0 bridgehead atoms. The van der Waals surface area contributed by atoms with Gasteiger partial charge in [-0.25, -0.2) is 0 Å². The number of amides is 1. The first kappa shape index (κ1) is 20.7. The average molecular weight is 397 g/mol. The van der Waals surface area contributed by atoms with Crippen LogP contribution in [0.3, 0.4) is 0 Å². The molecule has 2 rings (SSSR count). The molecule has 2 aromatic rings. The molecule has 1 aromatic heterocycles. The molecular formula is C18H25ClN4O2S. The first-order valence-electron chi connectivity index (χ1n) is 8.78. The van der Waals surface area contributed by atoms with Crippen LogP contribution in [0.5, 0.6) is 0 Å². The lowest BCUT2D eigenvalue weighted by atomic mass is 10.2. The maximum Gasteiger partial charge on any atom is 0.233 e. The average Bonchev–Trinajstić information content (AvgIpc) is 3.04. The second-order valence-corrected chi connectivity index (χ2v) is 7.40. The smallest absolute Gasteiger partial charge is 0.233 e. The van der Waals surface area contributed by atoms with Gasteiger partial charge in [-0.3, -0.25) is 4.79 Å². The summed E-state index contributed by atoms with van der Waals surface area (Å²) in [5.41, 5.74) is 0.948.